The predicted octanol–water partition coefficient (Wildman–Crippen LogP) is 15.5. The van der Waals surface area contributed by atoms with Gasteiger partial charge in [-0.1, -0.05) is 122 Å². The normalized spacial score (nSPS) is 12.8. The highest BCUT2D eigenvalue weighted by Crippen LogP contribution is 2.40. The Kier molecular flexibility index (Phi) is 7.47. The number of para-hydroxylation sites is 5. The molecule has 4 heterocycles. The van der Waals surface area contributed by atoms with Gasteiger partial charge in [0, 0.05) is 69.6 Å². The van der Waals surface area contributed by atoms with Crippen molar-refractivity contribution < 1.29 is 0 Å². The zero-order chi connectivity index (χ0) is 39.2. The van der Waals surface area contributed by atoms with Crippen LogP contribution in [0.25, 0.3) is 108 Å². The van der Waals surface area contributed by atoms with E-state index in [0.29, 0.717) is 0 Å². The minimum Gasteiger partial charge on any atom is -0.313 e. The molecule has 0 aliphatic rings. The molecule has 0 fully saturated rings. The maximum atomic E-state index is 4.78. The summed E-state index contributed by atoms with van der Waals surface area (Å²) in [6.45, 7) is 7.01. The van der Waals surface area contributed by atoms with Crippen LogP contribution >= 0.6 is 11.3 Å². The zero-order valence-corrected chi connectivity index (χ0v) is 33.2. The number of rotatable bonds is 6. The standard InChI is InChI=1S/C55H37N3S/c1-35(37-27-29-53-46(33-37)44-19-7-13-25-52(44)57(53)38-28-30-55-47(34-38)45-20-8-14-26-54(45)59-55)31-39(58-50-23-11-5-17-42(50)43-18-6-12-24-51(43)58)32-36(2)56-48-21-9-3-15-40(48)41-16-4-10-22-49(41)56/h3-34H,1H2,2H3/b36-32+,39-31+. The van der Waals surface area contributed by atoms with Crippen molar-refractivity contribution in [3.8, 4) is 5.69 Å². The van der Waals surface area contributed by atoms with Crippen LogP contribution in [-0.2, 0) is 0 Å². The average Bonchev–Trinajstić information content (AvgIpc) is 4.02. The molecule has 0 aliphatic carbocycles. The van der Waals surface area contributed by atoms with Crippen LogP contribution in [0.4, 0.5) is 0 Å². The van der Waals surface area contributed by atoms with E-state index in [1.807, 2.05) is 11.3 Å². The Balaban J connectivity index is 1.06. The van der Waals surface area contributed by atoms with E-state index in [1.165, 1.54) is 74.6 Å². The third-order valence-corrected chi connectivity index (χ3v) is 13.3. The van der Waals surface area contributed by atoms with Crippen molar-refractivity contribution in [3.05, 3.63) is 206 Å². The van der Waals surface area contributed by atoms with Gasteiger partial charge in [0.25, 0.3) is 0 Å². The monoisotopic (exact) mass is 771 g/mol. The molecule has 8 aromatic carbocycles. The van der Waals surface area contributed by atoms with Gasteiger partial charge in [-0.25, -0.2) is 0 Å². The highest BCUT2D eigenvalue weighted by Gasteiger charge is 2.18. The summed E-state index contributed by atoms with van der Waals surface area (Å²) >= 11 is 1.86. The van der Waals surface area contributed by atoms with Crippen molar-refractivity contribution in [1.82, 2.24) is 13.7 Å². The van der Waals surface area contributed by atoms with Gasteiger partial charge in [0.15, 0.2) is 0 Å². The molecule has 12 aromatic rings. The molecule has 278 valence electrons. The molecule has 0 unspecified atom stereocenters. The van der Waals surface area contributed by atoms with E-state index in [4.69, 9.17) is 6.58 Å². The molecule has 3 nitrogen and oxygen atoms in total. The summed E-state index contributed by atoms with van der Waals surface area (Å²) in [5, 5.41) is 9.99. The van der Waals surface area contributed by atoms with Crippen LogP contribution in [0, 0.1) is 0 Å². The van der Waals surface area contributed by atoms with Crippen molar-refractivity contribution in [2.45, 2.75) is 6.92 Å². The second kappa shape index (κ2) is 13.1. The van der Waals surface area contributed by atoms with E-state index >= 15 is 0 Å². The number of hydrogen-bond donors (Lipinski definition) is 0. The fourth-order valence-corrected chi connectivity index (χ4v) is 10.6. The Morgan fingerprint density at radius 3 is 1.51 bits per heavy atom. The first-order valence-electron chi connectivity index (χ1n) is 20.1. The molecule has 0 N–H and O–H groups in total. The van der Waals surface area contributed by atoms with Gasteiger partial charge < -0.3 is 13.7 Å². The number of thiophene rings is 1. The molecule has 0 amide bonds. The summed E-state index contributed by atoms with van der Waals surface area (Å²) in [7, 11) is 0. The molecule has 4 heteroatoms. The minimum absolute atomic E-state index is 0.943. The first kappa shape index (κ1) is 33.7. The number of allylic oxidation sites excluding steroid dienone is 5. The molecule has 0 bridgehead atoms. The SMILES string of the molecule is C=C(/C=C(\C=C(/C)n1c2ccccc2c2ccccc21)n1c2ccccc2c2ccccc21)c1ccc2c(c1)c1ccccc1n2-c1ccc2sc3ccccc3c2c1. The highest BCUT2D eigenvalue weighted by molar-refractivity contribution is 7.25. The quantitative estimate of drug-likeness (QED) is 0.150. The Morgan fingerprint density at radius 1 is 0.424 bits per heavy atom. The van der Waals surface area contributed by atoms with Crippen molar-refractivity contribution in [1.29, 1.82) is 0 Å². The van der Waals surface area contributed by atoms with Crippen LogP contribution in [0.5, 0.6) is 0 Å². The Morgan fingerprint density at radius 2 is 0.898 bits per heavy atom. The van der Waals surface area contributed by atoms with Crippen molar-refractivity contribution >= 4 is 114 Å². The smallest absolute Gasteiger partial charge is 0.0541 e. The largest absolute Gasteiger partial charge is 0.313 e. The molecule has 0 saturated heterocycles. The third kappa shape index (κ3) is 5.13. The lowest BCUT2D eigenvalue weighted by molar-refractivity contribution is 1.18. The summed E-state index contributed by atoms with van der Waals surface area (Å²) in [6.07, 6.45) is 4.60. The summed E-state index contributed by atoms with van der Waals surface area (Å²) in [5.74, 6) is 0. The van der Waals surface area contributed by atoms with Crippen LogP contribution in [0.3, 0.4) is 0 Å². The Labute approximate surface area is 344 Å². The van der Waals surface area contributed by atoms with E-state index in [0.717, 1.165) is 39.3 Å². The summed E-state index contributed by atoms with van der Waals surface area (Å²) in [6, 6.07) is 66.1. The minimum atomic E-state index is 0.943. The zero-order valence-electron chi connectivity index (χ0n) is 32.4. The van der Waals surface area contributed by atoms with E-state index in [2.05, 4.69) is 215 Å². The molecule has 0 radical (unpaired) electrons. The number of hydrogen-bond acceptors (Lipinski definition) is 1. The number of aromatic nitrogens is 3. The molecular formula is C55H37N3S. The molecule has 4 aromatic heterocycles. The fraction of sp³-hybridized carbons (Fsp3) is 0.0182. The number of benzene rings is 8. The summed E-state index contributed by atoms with van der Waals surface area (Å²) < 4.78 is 9.84. The second-order valence-corrected chi connectivity index (χ2v) is 16.6. The van der Waals surface area contributed by atoms with Crippen LogP contribution in [0.15, 0.2) is 201 Å². The van der Waals surface area contributed by atoms with Gasteiger partial charge in [0.05, 0.1) is 33.1 Å². The molecule has 0 spiro atoms. The maximum absolute atomic E-state index is 4.78. The topological polar surface area (TPSA) is 14.8 Å². The number of nitrogens with zero attached hydrogens (tertiary/aromatic N) is 3. The van der Waals surface area contributed by atoms with Crippen molar-refractivity contribution in [2.24, 2.45) is 0 Å². The van der Waals surface area contributed by atoms with Crippen molar-refractivity contribution in [2.75, 3.05) is 0 Å². The molecule has 59 heavy (non-hydrogen) atoms. The lowest BCUT2D eigenvalue weighted by Crippen LogP contribution is -1.99. The fourth-order valence-electron chi connectivity index (χ4n) is 9.52. The lowest BCUT2D eigenvalue weighted by atomic mass is 10.0. The third-order valence-electron chi connectivity index (χ3n) is 12.1. The highest BCUT2D eigenvalue weighted by atomic mass is 32.1. The van der Waals surface area contributed by atoms with E-state index in [-0.39, 0.29) is 0 Å². The van der Waals surface area contributed by atoms with E-state index in [1.54, 1.807) is 0 Å². The van der Waals surface area contributed by atoms with Crippen molar-refractivity contribution in [3.63, 3.8) is 0 Å². The molecule has 0 aliphatic heterocycles. The van der Waals surface area contributed by atoms with Gasteiger partial charge in [-0.2, -0.15) is 0 Å². The Bertz CT molecular complexity index is 3660. The second-order valence-electron chi connectivity index (χ2n) is 15.5. The van der Waals surface area contributed by atoms with Crippen LogP contribution in [-0.4, -0.2) is 13.7 Å². The van der Waals surface area contributed by atoms with Gasteiger partial charge in [-0.3, -0.25) is 0 Å². The van der Waals surface area contributed by atoms with Gasteiger partial charge in [0.1, 0.15) is 0 Å². The molecule has 0 saturated carbocycles. The van der Waals surface area contributed by atoms with E-state index < -0.39 is 0 Å². The summed E-state index contributed by atoms with van der Waals surface area (Å²) in [5.41, 5.74) is 12.4. The maximum Gasteiger partial charge on any atom is 0.0541 e. The lowest BCUT2D eigenvalue weighted by Gasteiger charge is -2.14. The summed E-state index contributed by atoms with van der Waals surface area (Å²) in [4.78, 5) is 0. The van der Waals surface area contributed by atoms with Gasteiger partial charge in [-0.15, -0.1) is 11.3 Å². The van der Waals surface area contributed by atoms with Crippen LogP contribution in [0.2, 0.25) is 0 Å². The predicted molar refractivity (Wildman–Crippen MR) is 256 cm³/mol. The molecular weight excluding hydrogens is 735 g/mol. The Hall–Kier alpha value is -7.40. The number of fused-ring (bicyclic) bond motifs is 12. The van der Waals surface area contributed by atoms with E-state index in [9.17, 15) is 0 Å². The van der Waals surface area contributed by atoms with Gasteiger partial charge in [-0.05, 0) is 96.9 Å². The van der Waals surface area contributed by atoms with Crippen LogP contribution < -0.4 is 0 Å². The van der Waals surface area contributed by atoms with Gasteiger partial charge in [0.2, 0.25) is 0 Å². The van der Waals surface area contributed by atoms with Gasteiger partial charge >= 0.3 is 0 Å². The molecule has 0 atom stereocenters. The average molecular weight is 772 g/mol. The molecule has 12 rings (SSSR count). The first-order valence-corrected chi connectivity index (χ1v) is 20.9. The van der Waals surface area contributed by atoms with Crippen LogP contribution in [0.1, 0.15) is 12.5 Å². The first-order chi connectivity index (χ1) is 29.1.